The third kappa shape index (κ3) is 0.878. The van der Waals surface area contributed by atoms with Gasteiger partial charge in [-0.25, -0.2) is 0 Å². The van der Waals surface area contributed by atoms with Crippen LogP contribution >= 0.6 is 0 Å². The van der Waals surface area contributed by atoms with Gasteiger partial charge in [0.25, 0.3) is 0 Å². The highest BCUT2D eigenvalue weighted by Gasteiger charge is 2.51. The first-order valence-corrected chi connectivity index (χ1v) is 4.32. The zero-order chi connectivity index (χ0) is 7.19. The molecule has 0 aromatic heterocycles. The monoisotopic (exact) mass is 140 g/mol. The van der Waals surface area contributed by atoms with Gasteiger partial charge in [0.05, 0.1) is 12.7 Å². The van der Waals surface area contributed by atoms with Gasteiger partial charge >= 0.3 is 0 Å². The summed E-state index contributed by atoms with van der Waals surface area (Å²) in [5, 5.41) is 0. The Morgan fingerprint density at radius 3 is 2.60 bits per heavy atom. The van der Waals surface area contributed by atoms with Gasteiger partial charge in [-0.2, -0.15) is 0 Å². The molecule has 0 amide bonds. The van der Waals surface area contributed by atoms with Gasteiger partial charge in [-0.1, -0.05) is 13.8 Å². The lowest BCUT2D eigenvalue weighted by atomic mass is 9.66. The van der Waals surface area contributed by atoms with Crippen LogP contribution in [0.4, 0.5) is 0 Å². The van der Waals surface area contributed by atoms with Crippen molar-refractivity contribution in [3.05, 3.63) is 0 Å². The predicted molar refractivity (Wildman–Crippen MR) is 40.9 cm³/mol. The molecule has 0 radical (unpaired) electrons. The molecule has 0 spiro atoms. The quantitative estimate of drug-likeness (QED) is 0.571. The number of hydrogen-bond donors (Lipinski definition) is 0. The lowest BCUT2D eigenvalue weighted by Crippen LogP contribution is -2.33. The minimum Gasteiger partial charge on any atom is -0.378 e. The van der Waals surface area contributed by atoms with E-state index in [-0.39, 0.29) is 0 Å². The van der Waals surface area contributed by atoms with Crippen LogP contribution in [0.1, 0.15) is 33.1 Å². The molecule has 0 unspecified atom stereocenters. The molecule has 2 aliphatic heterocycles. The number of ether oxygens (including phenoxy) is 1. The third-order valence-electron chi connectivity index (χ3n) is 2.79. The van der Waals surface area contributed by atoms with E-state index in [2.05, 4.69) is 13.8 Å². The summed E-state index contributed by atoms with van der Waals surface area (Å²) in [6, 6.07) is 0. The molecular weight excluding hydrogens is 124 g/mol. The number of fused-ring (bicyclic) bond motifs is 1. The van der Waals surface area contributed by atoms with Gasteiger partial charge in [0.1, 0.15) is 0 Å². The van der Waals surface area contributed by atoms with Crippen molar-refractivity contribution >= 4 is 0 Å². The van der Waals surface area contributed by atoms with E-state index in [0.29, 0.717) is 11.5 Å². The highest BCUT2D eigenvalue weighted by atomic mass is 16.5. The normalized spacial score (nSPS) is 44.1. The Balaban J connectivity index is 1.92. The Morgan fingerprint density at radius 2 is 2.20 bits per heavy atom. The Labute approximate surface area is 62.8 Å². The minimum absolute atomic E-state index is 0.638. The van der Waals surface area contributed by atoms with Gasteiger partial charge in [-0.3, -0.25) is 0 Å². The van der Waals surface area contributed by atoms with Gasteiger partial charge in [0.15, 0.2) is 0 Å². The molecule has 58 valence electrons. The summed E-state index contributed by atoms with van der Waals surface area (Å²) in [5.41, 5.74) is 0.638. The average Bonchev–Trinajstić information content (AvgIpc) is 2.18. The second-order valence-corrected chi connectivity index (χ2v) is 4.44. The van der Waals surface area contributed by atoms with Crippen LogP contribution in [-0.2, 0) is 4.74 Å². The molecule has 0 atom stereocenters. The SMILES string of the molecule is CC(C)CC12COC(C1)C2. The molecule has 0 aromatic carbocycles. The Hall–Kier alpha value is -0.0400. The van der Waals surface area contributed by atoms with Crippen LogP contribution in [0.3, 0.4) is 0 Å². The molecule has 1 nitrogen and oxygen atoms in total. The minimum atomic E-state index is 0.638. The van der Waals surface area contributed by atoms with Crippen molar-refractivity contribution in [1.29, 1.82) is 0 Å². The summed E-state index contributed by atoms with van der Waals surface area (Å²) in [5.74, 6) is 0.850. The Morgan fingerprint density at radius 1 is 1.50 bits per heavy atom. The van der Waals surface area contributed by atoms with E-state index < -0.39 is 0 Å². The summed E-state index contributed by atoms with van der Waals surface area (Å²) in [6.45, 7) is 5.66. The second kappa shape index (κ2) is 1.97. The zero-order valence-corrected chi connectivity index (χ0v) is 6.89. The fourth-order valence-corrected chi connectivity index (χ4v) is 2.53. The molecule has 1 aliphatic carbocycles. The van der Waals surface area contributed by atoms with Crippen molar-refractivity contribution < 1.29 is 4.74 Å². The van der Waals surface area contributed by atoms with Crippen LogP contribution in [0.25, 0.3) is 0 Å². The largest absolute Gasteiger partial charge is 0.378 e. The molecule has 3 rings (SSSR count). The number of hydrogen-bond acceptors (Lipinski definition) is 1. The molecule has 1 saturated carbocycles. The van der Waals surface area contributed by atoms with Gasteiger partial charge < -0.3 is 4.74 Å². The summed E-state index contributed by atoms with van der Waals surface area (Å²) in [6.07, 6.45) is 4.73. The van der Waals surface area contributed by atoms with E-state index in [0.717, 1.165) is 12.5 Å². The molecule has 2 heterocycles. The molecule has 3 fully saturated rings. The fraction of sp³-hybridized carbons (Fsp3) is 1.00. The van der Waals surface area contributed by atoms with E-state index in [4.69, 9.17) is 4.74 Å². The van der Waals surface area contributed by atoms with Crippen LogP contribution in [-0.4, -0.2) is 12.7 Å². The van der Waals surface area contributed by atoms with Crippen molar-refractivity contribution in [2.45, 2.75) is 39.2 Å². The van der Waals surface area contributed by atoms with Gasteiger partial charge in [-0.05, 0) is 30.6 Å². The van der Waals surface area contributed by atoms with E-state index >= 15 is 0 Å². The Bertz CT molecular complexity index is 128. The number of rotatable bonds is 2. The summed E-state index contributed by atoms with van der Waals surface area (Å²) in [4.78, 5) is 0. The maximum absolute atomic E-state index is 5.53. The maximum atomic E-state index is 5.53. The standard InChI is InChI=1S/C9H16O/c1-7(2)3-9-4-8(5-9)10-6-9/h7-8H,3-6H2,1-2H3. The van der Waals surface area contributed by atoms with Crippen molar-refractivity contribution in [3.63, 3.8) is 0 Å². The fourth-order valence-electron chi connectivity index (χ4n) is 2.53. The first kappa shape index (κ1) is 6.66. The van der Waals surface area contributed by atoms with Gasteiger partial charge in [0.2, 0.25) is 0 Å². The molecule has 10 heavy (non-hydrogen) atoms. The van der Waals surface area contributed by atoms with Gasteiger partial charge in [0, 0.05) is 0 Å². The molecule has 2 saturated heterocycles. The van der Waals surface area contributed by atoms with E-state index in [1.807, 2.05) is 0 Å². The Kier molecular flexibility index (Phi) is 1.31. The van der Waals surface area contributed by atoms with Gasteiger partial charge in [-0.15, -0.1) is 0 Å². The zero-order valence-electron chi connectivity index (χ0n) is 6.89. The van der Waals surface area contributed by atoms with Crippen LogP contribution in [0.15, 0.2) is 0 Å². The van der Waals surface area contributed by atoms with Crippen LogP contribution in [0, 0.1) is 11.3 Å². The lowest BCUT2D eigenvalue weighted by Gasteiger charge is -2.36. The van der Waals surface area contributed by atoms with Crippen LogP contribution < -0.4 is 0 Å². The molecule has 0 N–H and O–H groups in total. The lowest BCUT2D eigenvalue weighted by molar-refractivity contribution is 0.104. The van der Waals surface area contributed by atoms with Crippen molar-refractivity contribution in [3.8, 4) is 0 Å². The summed E-state index contributed by atoms with van der Waals surface area (Å²) < 4.78 is 5.53. The van der Waals surface area contributed by atoms with Crippen molar-refractivity contribution in [2.75, 3.05) is 6.61 Å². The van der Waals surface area contributed by atoms with E-state index in [1.165, 1.54) is 19.3 Å². The first-order valence-electron chi connectivity index (χ1n) is 4.32. The highest BCUT2D eigenvalue weighted by Crippen LogP contribution is 2.53. The highest BCUT2D eigenvalue weighted by molar-refractivity contribution is 5.00. The van der Waals surface area contributed by atoms with Crippen molar-refractivity contribution in [1.82, 2.24) is 0 Å². The summed E-state index contributed by atoms with van der Waals surface area (Å²) in [7, 11) is 0. The predicted octanol–water partition coefficient (Wildman–Crippen LogP) is 2.21. The third-order valence-corrected chi connectivity index (χ3v) is 2.79. The van der Waals surface area contributed by atoms with E-state index in [9.17, 15) is 0 Å². The van der Waals surface area contributed by atoms with Crippen molar-refractivity contribution in [2.24, 2.45) is 11.3 Å². The molecule has 1 heteroatoms. The maximum Gasteiger partial charge on any atom is 0.0587 e. The smallest absolute Gasteiger partial charge is 0.0587 e. The van der Waals surface area contributed by atoms with Crippen LogP contribution in [0.2, 0.25) is 0 Å². The van der Waals surface area contributed by atoms with Crippen LogP contribution in [0.5, 0.6) is 0 Å². The van der Waals surface area contributed by atoms with E-state index in [1.54, 1.807) is 0 Å². The topological polar surface area (TPSA) is 9.23 Å². The second-order valence-electron chi connectivity index (χ2n) is 4.44. The molecule has 2 bridgehead atoms. The summed E-state index contributed by atoms with van der Waals surface area (Å²) >= 11 is 0. The molecule has 3 aliphatic rings. The molecular formula is C9H16O. The first-order chi connectivity index (χ1) is 4.70. The average molecular weight is 140 g/mol. The molecule has 0 aromatic rings.